The van der Waals surface area contributed by atoms with Gasteiger partial charge in [-0.05, 0) is 36.1 Å². The van der Waals surface area contributed by atoms with Crippen molar-refractivity contribution in [2.24, 2.45) is 0 Å². The van der Waals surface area contributed by atoms with E-state index < -0.39 is 11.8 Å². The summed E-state index contributed by atoms with van der Waals surface area (Å²) in [6, 6.07) is 14.8. The maximum absolute atomic E-state index is 12.1. The molecule has 2 aromatic carbocycles. The minimum Gasteiger partial charge on any atom is -0.318 e. The maximum atomic E-state index is 12.1. The van der Waals surface area contributed by atoms with Crippen LogP contribution < -0.4 is 10.6 Å². The number of carbonyl (C=O) groups is 2. The van der Waals surface area contributed by atoms with Crippen molar-refractivity contribution >= 4 is 23.2 Å². The molecule has 0 atom stereocenters. The lowest BCUT2D eigenvalue weighted by molar-refractivity contribution is -0.133. The van der Waals surface area contributed by atoms with Crippen LogP contribution in [0, 0.1) is 6.92 Å². The SMILES string of the molecule is Cc1ccc(NC(=O)C(=O)Nc2ccccc2C(C)(C)C)cc1. The summed E-state index contributed by atoms with van der Waals surface area (Å²) in [6.45, 7) is 8.14. The second-order valence-electron chi connectivity index (χ2n) is 6.57. The summed E-state index contributed by atoms with van der Waals surface area (Å²) in [4.78, 5) is 24.2. The number of para-hydroxylation sites is 1. The van der Waals surface area contributed by atoms with Gasteiger partial charge in [0.15, 0.2) is 0 Å². The normalized spacial score (nSPS) is 11.0. The van der Waals surface area contributed by atoms with E-state index in [1.165, 1.54) is 0 Å². The number of aryl methyl sites for hydroxylation is 1. The number of benzene rings is 2. The van der Waals surface area contributed by atoms with Crippen LogP contribution in [0.15, 0.2) is 48.5 Å². The Balaban J connectivity index is 2.10. The molecular formula is C19H22N2O2. The van der Waals surface area contributed by atoms with Crippen LogP contribution in [0.25, 0.3) is 0 Å². The fourth-order valence-corrected chi connectivity index (χ4v) is 2.25. The van der Waals surface area contributed by atoms with Gasteiger partial charge in [-0.15, -0.1) is 0 Å². The van der Waals surface area contributed by atoms with Gasteiger partial charge in [-0.3, -0.25) is 9.59 Å². The molecule has 0 aliphatic rings. The van der Waals surface area contributed by atoms with Crippen molar-refractivity contribution in [2.45, 2.75) is 33.1 Å². The smallest absolute Gasteiger partial charge is 0.314 e. The Bertz CT molecular complexity index is 713. The van der Waals surface area contributed by atoms with Crippen LogP contribution in [0.3, 0.4) is 0 Å². The Morgan fingerprint density at radius 3 is 2.00 bits per heavy atom. The number of nitrogens with one attached hydrogen (secondary N) is 2. The van der Waals surface area contributed by atoms with Crippen molar-refractivity contribution in [3.63, 3.8) is 0 Å². The molecule has 0 bridgehead atoms. The number of amides is 2. The monoisotopic (exact) mass is 310 g/mol. The molecule has 0 aromatic heterocycles. The van der Waals surface area contributed by atoms with Crippen molar-refractivity contribution in [2.75, 3.05) is 10.6 Å². The van der Waals surface area contributed by atoms with E-state index in [-0.39, 0.29) is 5.41 Å². The molecule has 0 fully saturated rings. The van der Waals surface area contributed by atoms with E-state index in [1.807, 2.05) is 37.3 Å². The van der Waals surface area contributed by atoms with E-state index in [2.05, 4.69) is 31.4 Å². The summed E-state index contributed by atoms with van der Waals surface area (Å²) >= 11 is 0. The van der Waals surface area contributed by atoms with Crippen LogP contribution in [0.2, 0.25) is 0 Å². The fourth-order valence-electron chi connectivity index (χ4n) is 2.25. The van der Waals surface area contributed by atoms with E-state index in [1.54, 1.807) is 18.2 Å². The van der Waals surface area contributed by atoms with Gasteiger partial charge in [-0.25, -0.2) is 0 Å². The molecule has 4 nitrogen and oxygen atoms in total. The Morgan fingerprint density at radius 1 is 0.826 bits per heavy atom. The van der Waals surface area contributed by atoms with Crippen molar-refractivity contribution in [1.82, 2.24) is 0 Å². The Kier molecular flexibility index (Phi) is 4.84. The van der Waals surface area contributed by atoms with Crippen LogP contribution in [0.5, 0.6) is 0 Å². The van der Waals surface area contributed by atoms with Gasteiger partial charge in [-0.1, -0.05) is 56.7 Å². The minimum atomic E-state index is -0.683. The quantitative estimate of drug-likeness (QED) is 0.827. The molecule has 2 amide bonds. The number of anilines is 2. The first-order valence-electron chi connectivity index (χ1n) is 7.56. The lowest BCUT2D eigenvalue weighted by Gasteiger charge is -2.22. The molecule has 0 spiro atoms. The lowest BCUT2D eigenvalue weighted by Crippen LogP contribution is -2.30. The molecular weight excluding hydrogens is 288 g/mol. The van der Waals surface area contributed by atoms with E-state index in [4.69, 9.17) is 0 Å². The van der Waals surface area contributed by atoms with Crippen LogP contribution in [0.4, 0.5) is 11.4 Å². The van der Waals surface area contributed by atoms with Crippen LogP contribution >= 0.6 is 0 Å². The highest BCUT2D eigenvalue weighted by Crippen LogP contribution is 2.29. The van der Waals surface area contributed by atoms with Crippen molar-refractivity contribution in [3.8, 4) is 0 Å². The van der Waals surface area contributed by atoms with Gasteiger partial charge in [0.1, 0.15) is 0 Å². The molecule has 0 unspecified atom stereocenters. The summed E-state index contributed by atoms with van der Waals surface area (Å²) in [5.41, 5.74) is 3.20. The van der Waals surface area contributed by atoms with Crippen molar-refractivity contribution < 1.29 is 9.59 Å². The van der Waals surface area contributed by atoms with Gasteiger partial charge in [-0.2, -0.15) is 0 Å². The van der Waals surface area contributed by atoms with Crippen molar-refractivity contribution in [3.05, 3.63) is 59.7 Å². The average molecular weight is 310 g/mol. The summed E-state index contributed by atoms with van der Waals surface area (Å²) in [5, 5.41) is 5.29. The van der Waals surface area contributed by atoms with E-state index in [0.717, 1.165) is 11.1 Å². The topological polar surface area (TPSA) is 58.2 Å². The first-order valence-corrected chi connectivity index (χ1v) is 7.56. The zero-order valence-electron chi connectivity index (χ0n) is 13.9. The minimum absolute atomic E-state index is 0.128. The maximum Gasteiger partial charge on any atom is 0.314 e. The van der Waals surface area contributed by atoms with Gasteiger partial charge in [0.25, 0.3) is 0 Å². The molecule has 0 aliphatic heterocycles. The van der Waals surface area contributed by atoms with E-state index in [0.29, 0.717) is 11.4 Å². The molecule has 0 heterocycles. The van der Waals surface area contributed by atoms with Crippen LogP contribution in [-0.2, 0) is 15.0 Å². The number of rotatable bonds is 2. The molecule has 120 valence electrons. The van der Waals surface area contributed by atoms with Gasteiger partial charge < -0.3 is 10.6 Å². The highest BCUT2D eigenvalue weighted by atomic mass is 16.2. The molecule has 0 saturated carbocycles. The third kappa shape index (κ3) is 4.42. The van der Waals surface area contributed by atoms with Gasteiger partial charge in [0, 0.05) is 11.4 Å². The Morgan fingerprint density at radius 2 is 1.39 bits per heavy atom. The van der Waals surface area contributed by atoms with Crippen molar-refractivity contribution in [1.29, 1.82) is 0 Å². The molecule has 23 heavy (non-hydrogen) atoms. The van der Waals surface area contributed by atoms with Crippen LogP contribution in [-0.4, -0.2) is 11.8 Å². The average Bonchev–Trinajstić information content (AvgIpc) is 2.49. The Labute approximate surface area is 136 Å². The first-order chi connectivity index (χ1) is 10.8. The van der Waals surface area contributed by atoms with E-state index >= 15 is 0 Å². The highest BCUT2D eigenvalue weighted by molar-refractivity contribution is 6.43. The molecule has 2 aromatic rings. The summed E-state index contributed by atoms with van der Waals surface area (Å²) in [7, 11) is 0. The third-order valence-corrected chi connectivity index (χ3v) is 3.50. The third-order valence-electron chi connectivity index (χ3n) is 3.50. The summed E-state index contributed by atoms with van der Waals surface area (Å²) < 4.78 is 0. The second-order valence-corrected chi connectivity index (χ2v) is 6.57. The zero-order valence-corrected chi connectivity index (χ0v) is 13.9. The summed E-state index contributed by atoms with van der Waals surface area (Å²) in [6.07, 6.45) is 0. The zero-order chi connectivity index (χ0) is 17.0. The predicted molar refractivity (Wildman–Crippen MR) is 93.6 cm³/mol. The number of carbonyl (C=O) groups excluding carboxylic acids is 2. The van der Waals surface area contributed by atoms with Gasteiger partial charge >= 0.3 is 11.8 Å². The first kappa shape index (κ1) is 16.7. The lowest BCUT2D eigenvalue weighted by atomic mass is 9.86. The second kappa shape index (κ2) is 6.65. The molecule has 0 aliphatic carbocycles. The molecule has 4 heteroatoms. The molecule has 0 saturated heterocycles. The highest BCUT2D eigenvalue weighted by Gasteiger charge is 2.21. The fraction of sp³-hybridized carbons (Fsp3) is 0.263. The molecule has 2 N–H and O–H groups in total. The van der Waals surface area contributed by atoms with Gasteiger partial charge in [0.05, 0.1) is 0 Å². The summed E-state index contributed by atoms with van der Waals surface area (Å²) in [5.74, 6) is -1.36. The Hall–Kier alpha value is -2.62. The van der Waals surface area contributed by atoms with E-state index in [9.17, 15) is 9.59 Å². The number of hydrogen-bond donors (Lipinski definition) is 2. The number of hydrogen-bond acceptors (Lipinski definition) is 2. The van der Waals surface area contributed by atoms with Crippen LogP contribution in [0.1, 0.15) is 31.9 Å². The predicted octanol–water partition coefficient (Wildman–Crippen LogP) is 3.87. The van der Waals surface area contributed by atoms with Gasteiger partial charge in [0.2, 0.25) is 0 Å². The molecule has 0 radical (unpaired) electrons. The largest absolute Gasteiger partial charge is 0.318 e. The molecule has 2 rings (SSSR count). The standard InChI is InChI=1S/C19H22N2O2/c1-13-9-11-14(12-10-13)20-17(22)18(23)21-16-8-6-5-7-15(16)19(2,3)4/h5-12H,1-4H3,(H,20,22)(H,21,23).